The number of ether oxygens (including phenoxy) is 4. The number of aliphatic hydroxyl groups excluding tert-OH is 1. The third-order valence-corrected chi connectivity index (χ3v) is 16.9. The Kier molecular flexibility index (Phi) is 56.2. The van der Waals surface area contributed by atoms with Gasteiger partial charge in [-0.3, -0.25) is 37.3 Å². The van der Waals surface area contributed by atoms with Crippen LogP contribution in [0.2, 0.25) is 0 Å². The SMILES string of the molecule is CCCCCCCCCCCCCC(=O)OC[C@H](COP(=O)(O)OC[C@@H](O)COP(=O)(O)OC[C@@H](COC(=O)CCCCCCCCC)OC(=O)CCCCCCCCCC(C)C)OC(=O)CCCCCCCCCCCCCCCC(C)C. The molecule has 0 bridgehead atoms. The van der Waals surface area contributed by atoms with E-state index in [4.69, 9.17) is 37.0 Å². The summed E-state index contributed by atoms with van der Waals surface area (Å²) in [5.74, 6) is -0.655. The largest absolute Gasteiger partial charge is 0.472 e. The van der Waals surface area contributed by atoms with Crippen molar-refractivity contribution in [2.75, 3.05) is 39.6 Å². The second kappa shape index (κ2) is 57.5. The molecule has 2 unspecified atom stereocenters. The van der Waals surface area contributed by atoms with Crippen molar-refractivity contribution in [2.45, 2.75) is 342 Å². The highest BCUT2D eigenvalue weighted by atomic mass is 31.2. The number of aliphatic hydroxyl groups is 1. The highest BCUT2D eigenvalue weighted by Gasteiger charge is 2.30. The minimum absolute atomic E-state index is 0.103. The topological polar surface area (TPSA) is 237 Å². The van der Waals surface area contributed by atoms with E-state index >= 15 is 0 Å². The fraction of sp³-hybridized carbons (Fsp3) is 0.938. The van der Waals surface area contributed by atoms with Gasteiger partial charge in [-0.2, -0.15) is 0 Å². The average Bonchev–Trinajstić information content (AvgIpc) is 3.64. The molecular formula is C65H126O17P2. The number of esters is 4. The van der Waals surface area contributed by atoms with Crippen molar-refractivity contribution in [3.63, 3.8) is 0 Å². The van der Waals surface area contributed by atoms with Crippen molar-refractivity contribution in [2.24, 2.45) is 11.8 Å². The van der Waals surface area contributed by atoms with Crippen LogP contribution in [-0.2, 0) is 65.4 Å². The summed E-state index contributed by atoms with van der Waals surface area (Å²) in [7, 11) is -9.88. The monoisotopic (exact) mass is 1240 g/mol. The van der Waals surface area contributed by atoms with E-state index in [1.54, 1.807) is 0 Å². The van der Waals surface area contributed by atoms with Crippen LogP contribution in [0.5, 0.6) is 0 Å². The first-order valence-corrected chi connectivity index (χ1v) is 37.0. The first kappa shape index (κ1) is 82.1. The van der Waals surface area contributed by atoms with Crippen molar-refractivity contribution in [1.29, 1.82) is 0 Å². The number of unbranched alkanes of at least 4 members (excludes halogenated alkanes) is 34. The van der Waals surface area contributed by atoms with Crippen molar-refractivity contribution >= 4 is 39.5 Å². The maximum absolute atomic E-state index is 13.0. The van der Waals surface area contributed by atoms with E-state index in [0.29, 0.717) is 31.6 Å². The fourth-order valence-corrected chi connectivity index (χ4v) is 11.3. The molecule has 0 aliphatic heterocycles. The van der Waals surface area contributed by atoms with Gasteiger partial charge >= 0.3 is 39.5 Å². The zero-order valence-corrected chi connectivity index (χ0v) is 56.0. The molecule has 0 saturated heterocycles. The van der Waals surface area contributed by atoms with Crippen LogP contribution in [0, 0.1) is 11.8 Å². The summed E-state index contributed by atoms with van der Waals surface area (Å²) >= 11 is 0. The summed E-state index contributed by atoms with van der Waals surface area (Å²) in [6, 6.07) is 0. The predicted molar refractivity (Wildman–Crippen MR) is 335 cm³/mol. The normalized spacial score (nSPS) is 14.3. The number of carbonyl (C=O) groups excluding carboxylic acids is 4. The van der Waals surface area contributed by atoms with Gasteiger partial charge in [0, 0.05) is 25.7 Å². The Balaban J connectivity index is 5.20. The van der Waals surface area contributed by atoms with Gasteiger partial charge in [0.05, 0.1) is 26.4 Å². The molecule has 0 saturated carbocycles. The highest BCUT2D eigenvalue weighted by Crippen LogP contribution is 2.45. The summed E-state index contributed by atoms with van der Waals surface area (Å²) in [5, 5.41) is 10.5. The van der Waals surface area contributed by atoms with Gasteiger partial charge in [0.15, 0.2) is 12.2 Å². The Morgan fingerprint density at radius 3 is 0.810 bits per heavy atom. The number of rotatable bonds is 64. The fourth-order valence-electron chi connectivity index (χ4n) is 9.71. The summed E-state index contributed by atoms with van der Waals surface area (Å²) in [6.45, 7) is 9.41. The summed E-state index contributed by atoms with van der Waals surface area (Å²) in [6.07, 6.45) is 40.5. The molecule has 19 heteroatoms. The Morgan fingerprint density at radius 2 is 0.548 bits per heavy atom. The van der Waals surface area contributed by atoms with Crippen molar-refractivity contribution < 1.29 is 80.2 Å². The van der Waals surface area contributed by atoms with Gasteiger partial charge in [0.25, 0.3) is 0 Å². The standard InChI is InChI=1S/C65H126O17P2/c1-7-9-11-13-15-16-20-24-30-36-42-48-63(68)76-54-61(81-64(69)49-43-37-31-25-22-19-17-18-21-23-28-33-39-45-57(3)4)56-80-84(73,74)78-52-59(66)51-77-83(71,72)79-55-60(53-75-62(67)47-41-35-27-14-12-10-8-2)82-65(70)50-44-38-32-26-29-34-40-46-58(5)6/h57-61,66H,7-56H2,1-6H3,(H,71,72)(H,73,74)/t59-,60+,61+/m0/s1. The van der Waals surface area contributed by atoms with Crippen LogP contribution in [0.4, 0.5) is 0 Å². The predicted octanol–water partition coefficient (Wildman–Crippen LogP) is 18.0. The van der Waals surface area contributed by atoms with E-state index in [9.17, 15) is 43.2 Å². The lowest BCUT2D eigenvalue weighted by Crippen LogP contribution is -2.30. The molecule has 0 aromatic carbocycles. The van der Waals surface area contributed by atoms with E-state index in [-0.39, 0.29) is 25.7 Å². The summed E-state index contributed by atoms with van der Waals surface area (Å²) in [4.78, 5) is 72.1. The first-order chi connectivity index (χ1) is 40.4. The maximum Gasteiger partial charge on any atom is 0.472 e. The molecule has 84 heavy (non-hydrogen) atoms. The van der Waals surface area contributed by atoms with Crippen LogP contribution < -0.4 is 0 Å². The molecule has 0 rings (SSSR count). The molecule has 0 amide bonds. The van der Waals surface area contributed by atoms with Gasteiger partial charge in [0.2, 0.25) is 0 Å². The van der Waals surface area contributed by atoms with Gasteiger partial charge in [0.1, 0.15) is 19.3 Å². The summed E-state index contributed by atoms with van der Waals surface area (Å²) < 4.78 is 67.9. The van der Waals surface area contributed by atoms with Crippen LogP contribution in [0.25, 0.3) is 0 Å². The number of hydrogen-bond acceptors (Lipinski definition) is 15. The van der Waals surface area contributed by atoms with Gasteiger partial charge in [-0.25, -0.2) is 9.13 Å². The molecule has 0 aromatic heterocycles. The molecule has 17 nitrogen and oxygen atoms in total. The van der Waals surface area contributed by atoms with E-state index < -0.39 is 97.5 Å². The Hall–Kier alpha value is -1.94. The zero-order valence-electron chi connectivity index (χ0n) is 54.2. The second-order valence-electron chi connectivity index (χ2n) is 24.5. The molecular weight excluding hydrogens is 1110 g/mol. The van der Waals surface area contributed by atoms with Crippen LogP contribution in [0.3, 0.4) is 0 Å². The Morgan fingerprint density at radius 1 is 0.321 bits per heavy atom. The van der Waals surface area contributed by atoms with Crippen molar-refractivity contribution in [3.05, 3.63) is 0 Å². The molecule has 0 aliphatic carbocycles. The molecule has 0 radical (unpaired) electrons. The molecule has 5 atom stereocenters. The first-order valence-electron chi connectivity index (χ1n) is 34.0. The van der Waals surface area contributed by atoms with Crippen LogP contribution in [-0.4, -0.2) is 96.7 Å². The van der Waals surface area contributed by atoms with E-state index in [0.717, 1.165) is 109 Å². The molecule has 0 fully saturated rings. The zero-order chi connectivity index (χ0) is 62.2. The van der Waals surface area contributed by atoms with Crippen molar-refractivity contribution in [1.82, 2.24) is 0 Å². The van der Waals surface area contributed by atoms with Crippen LogP contribution in [0.15, 0.2) is 0 Å². The highest BCUT2D eigenvalue weighted by molar-refractivity contribution is 7.47. The third-order valence-electron chi connectivity index (χ3n) is 15.0. The summed E-state index contributed by atoms with van der Waals surface area (Å²) in [5.41, 5.74) is 0. The minimum Gasteiger partial charge on any atom is -0.462 e. The van der Waals surface area contributed by atoms with Gasteiger partial charge in [-0.1, -0.05) is 273 Å². The molecule has 498 valence electrons. The number of phosphoric ester groups is 2. The lowest BCUT2D eigenvalue weighted by molar-refractivity contribution is -0.161. The molecule has 0 aliphatic rings. The minimum atomic E-state index is -4.94. The second-order valence-corrected chi connectivity index (χ2v) is 27.4. The van der Waals surface area contributed by atoms with Gasteiger partial charge < -0.3 is 33.8 Å². The molecule has 0 aromatic rings. The van der Waals surface area contributed by atoms with Crippen LogP contribution >= 0.6 is 15.6 Å². The smallest absolute Gasteiger partial charge is 0.462 e. The number of phosphoric acid groups is 2. The molecule has 0 heterocycles. The number of hydrogen-bond donors (Lipinski definition) is 3. The van der Waals surface area contributed by atoms with E-state index in [1.807, 2.05) is 0 Å². The third kappa shape index (κ3) is 59.0. The Bertz CT molecular complexity index is 1650. The quantitative estimate of drug-likeness (QED) is 0.0222. The van der Waals surface area contributed by atoms with Gasteiger partial charge in [-0.15, -0.1) is 0 Å². The lowest BCUT2D eigenvalue weighted by atomic mass is 10.0. The number of carbonyl (C=O) groups is 4. The van der Waals surface area contributed by atoms with E-state index in [1.165, 1.54) is 128 Å². The molecule has 3 N–H and O–H groups in total. The molecule has 0 spiro atoms. The lowest BCUT2D eigenvalue weighted by Gasteiger charge is -2.21. The Labute approximate surface area is 511 Å². The van der Waals surface area contributed by atoms with Gasteiger partial charge in [-0.05, 0) is 37.5 Å². The van der Waals surface area contributed by atoms with Crippen molar-refractivity contribution in [3.8, 4) is 0 Å². The van der Waals surface area contributed by atoms with Crippen LogP contribution in [0.1, 0.15) is 324 Å². The average molecular weight is 1240 g/mol. The van der Waals surface area contributed by atoms with E-state index in [2.05, 4.69) is 41.5 Å². The maximum atomic E-state index is 13.0.